The van der Waals surface area contributed by atoms with Crippen LogP contribution in [-0.4, -0.2) is 71.7 Å². The SMILES string of the molecule is Cc1ccc(C)c(N2CC=C[C@]34O[C@@H]5C=CCN(c6ccccc6)C(=O)[C@@H]5[C@H]3C(=O)N(CCCCCCO)C4C2=O)c1. The molecule has 8 heteroatoms. The lowest BCUT2D eigenvalue weighted by atomic mass is 9.77. The lowest BCUT2D eigenvalue weighted by Gasteiger charge is -2.35. The number of unbranched alkanes of at least 4 members (excludes halogenated alkanes) is 3. The second-order valence-electron chi connectivity index (χ2n) is 11.9. The first-order valence-corrected chi connectivity index (χ1v) is 15.1. The number of aliphatic hydroxyl groups excluding tert-OH is 1. The van der Waals surface area contributed by atoms with Gasteiger partial charge in [0.25, 0.3) is 5.91 Å². The van der Waals surface area contributed by atoms with Gasteiger partial charge in [-0.25, -0.2) is 0 Å². The Morgan fingerprint density at radius 2 is 1.64 bits per heavy atom. The number of anilines is 2. The molecule has 0 saturated carbocycles. The number of nitrogens with zero attached hydrogens (tertiary/aromatic N) is 3. The molecule has 1 spiro atoms. The van der Waals surface area contributed by atoms with Gasteiger partial charge >= 0.3 is 0 Å². The van der Waals surface area contributed by atoms with Crippen molar-refractivity contribution in [2.24, 2.45) is 11.8 Å². The van der Waals surface area contributed by atoms with Crippen LogP contribution in [0.5, 0.6) is 0 Å². The summed E-state index contributed by atoms with van der Waals surface area (Å²) in [4.78, 5) is 48.5. The van der Waals surface area contributed by atoms with Crippen molar-refractivity contribution in [2.75, 3.05) is 36.0 Å². The standard InChI is InChI=1S/C34H39N3O5/c1-23-15-16-24(2)26(22-23)36-20-11-17-34-29(32(40)37(30(34)33(36)41)18-8-3-4-9-21-38)28-27(42-34)14-10-19-35(31(28)39)25-12-6-5-7-13-25/h5-7,10-17,22,27-30,38H,3-4,8-9,18-21H2,1-2H3/t27-,28+,29+,30?,34+/m1/s1. The van der Waals surface area contributed by atoms with Gasteiger partial charge in [0, 0.05) is 37.6 Å². The Morgan fingerprint density at radius 1 is 0.881 bits per heavy atom. The Kier molecular flexibility index (Phi) is 7.77. The zero-order valence-corrected chi connectivity index (χ0v) is 24.3. The summed E-state index contributed by atoms with van der Waals surface area (Å²) in [5.41, 5.74) is 2.36. The van der Waals surface area contributed by atoms with E-state index in [2.05, 4.69) is 0 Å². The number of likely N-dealkylation sites (tertiary alicyclic amines) is 1. The molecule has 0 aromatic heterocycles. The quantitative estimate of drug-likeness (QED) is 0.384. The van der Waals surface area contributed by atoms with E-state index in [4.69, 9.17) is 4.74 Å². The highest BCUT2D eigenvalue weighted by Gasteiger charge is 2.71. The zero-order valence-electron chi connectivity index (χ0n) is 24.3. The summed E-state index contributed by atoms with van der Waals surface area (Å²) in [5.74, 6) is -2.11. The molecule has 0 aliphatic carbocycles. The zero-order chi connectivity index (χ0) is 29.4. The molecule has 2 aromatic carbocycles. The van der Waals surface area contributed by atoms with Crippen molar-refractivity contribution in [3.8, 4) is 0 Å². The van der Waals surface area contributed by atoms with Gasteiger partial charge in [0.05, 0.1) is 17.9 Å². The van der Waals surface area contributed by atoms with Crippen molar-refractivity contribution in [2.45, 2.75) is 57.3 Å². The number of fused-ring (bicyclic) bond motifs is 2. The van der Waals surface area contributed by atoms with E-state index in [1.54, 1.807) is 14.7 Å². The number of aliphatic hydroxyl groups is 1. The summed E-state index contributed by atoms with van der Waals surface area (Å²) >= 11 is 0. The van der Waals surface area contributed by atoms with E-state index in [-0.39, 0.29) is 24.3 Å². The molecule has 4 aliphatic heterocycles. The Morgan fingerprint density at radius 3 is 2.43 bits per heavy atom. The molecule has 1 N–H and O–H groups in total. The first-order chi connectivity index (χ1) is 20.4. The molecule has 42 heavy (non-hydrogen) atoms. The minimum absolute atomic E-state index is 0.134. The number of rotatable bonds is 8. The van der Waals surface area contributed by atoms with Gasteiger partial charge in [-0.2, -0.15) is 0 Å². The molecule has 1 unspecified atom stereocenters. The van der Waals surface area contributed by atoms with E-state index in [0.29, 0.717) is 32.5 Å². The van der Waals surface area contributed by atoms with Crippen LogP contribution in [0.3, 0.4) is 0 Å². The van der Waals surface area contributed by atoms with Crippen LogP contribution in [0.2, 0.25) is 0 Å². The van der Waals surface area contributed by atoms with Gasteiger partial charge < -0.3 is 24.5 Å². The molecular formula is C34H39N3O5. The van der Waals surface area contributed by atoms with Crippen molar-refractivity contribution in [1.82, 2.24) is 4.90 Å². The minimum Gasteiger partial charge on any atom is -0.396 e. The Labute approximate surface area is 247 Å². The fourth-order valence-electron chi connectivity index (χ4n) is 7.19. The molecule has 4 heterocycles. The second kappa shape index (κ2) is 11.5. The van der Waals surface area contributed by atoms with E-state index in [1.807, 2.05) is 86.7 Å². The van der Waals surface area contributed by atoms with Gasteiger partial charge in [-0.1, -0.05) is 67.5 Å². The third-order valence-electron chi connectivity index (χ3n) is 9.19. The summed E-state index contributed by atoms with van der Waals surface area (Å²) < 4.78 is 6.79. The molecule has 0 bridgehead atoms. The van der Waals surface area contributed by atoms with Gasteiger partial charge in [0.2, 0.25) is 11.8 Å². The van der Waals surface area contributed by atoms with Gasteiger partial charge in [0.1, 0.15) is 11.6 Å². The molecule has 2 aromatic rings. The largest absolute Gasteiger partial charge is 0.396 e. The van der Waals surface area contributed by atoms with Crippen molar-refractivity contribution < 1.29 is 24.2 Å². The number of hydrogen-bond donors (Lipinski definition) is 1. The maximum absolute atomic E-state index is 14.6. The number of carbonyl (C=O) groups excluding carboxylic acids is 3. The average molecular weight is 570 g/mol. The number of carbonyl (C=O) groups is 3. The monoisotopic (exact) mass is 569 g/mol. The Bertz CT molecular complexity index is 1420. The van der Waals surface area contributed by atoms with Crippen LogP contribution in [0.25, 0.3) is 0 Å². The third kappa shape index (κ3) is 4.67. The average Bonchev–Trinajstić information content (AvgIpc) is 3.29. The molecule has 2 fully saturated rings. The first kappa shape index (κ1) is 28.4. The number of aryl methyl sites for hydroxylation is 2. The normalized spacial score (nSPS) is 28.5. The fraction of sp³-hybridized carbons (Fsp3) is 0.441. The lowest BCUT2D eigenvalue weighted by molar-refractivity contribution is -0.140. The van der Waals surface area contributed by atoms with Crippen molar-refractivity contribution >= 4 is 29.1 Å². The highest BCUT2D eigenvalue weighted by molar-refractivity contribution is 6.07. The molecule has 2 saturated heterocycles. The summed E-state index contributed by atoms with van der Waals surface area (Å²) in [5, 5.41) is 9.21. The summed E-state index contributed by atoms with van der Waals surface area (Å²) in [6, 6.07) is 14.6. The Balaban J connectivity index is 1.40. The Hall–Kier alpha value is -3.75. The van der Waals surface area contributed by atoms with Crippen LogP contribution in [0.1, 0.15) is 36.8 Å². The van der Waals surface area contributed by atoms with E-state index in [9.17, 15) is 19.5 Å². The van der Waals surface area contributed by atoms with E-state index in [0.717, 1.165) is 35.3 Å². The highest BCUT2D eigenvalue weighted by atomic mass is 16.5. The molecule has 220 valence electrons. The maximum atomic E-state index is 14.6. The van der Waals surface area contributed by atoms with Gasteiger partial charge in [0.15, 0.2) is 0 Å². The van der Waals surface area contributed by atoms with Crippen LogP contribution in [-0.2, 0) is 19.1 Å². The topological polar surface area (TPSA) is 90.4 Å². The lowest BCUT2D eigenvalue weighted by Crippen LogP contribution is -2.55. The predicted molar refractivity (Wildman–Crippen MR) is 161 cm³/mol. The summed E-state index contributed by atoms with van der Waals surface area (Å²) in [6.07, 6.45) is 10.1. The third-order valence-corrected chi connectivity index (χ3v) is 9.19. The molecular weight excluding hydrogens is 530 g/mol. The van der Waals surface area contributed by atoms with Crippen molar-refractivity contribution in [3.05, 3.63) is 84.0 Å². The van der Waals surface area contributed by atoms with Crippen LogP contribution in [0.4, 0.5) is 11.4 Å². The van der Waals surface area contributed by atoms with Crippen LogP contribution in [0.15, 0.2) is 72.8 Å². The maximum Gasteiger partial charge on any atom is 0.253 e. The second-order valence-corrected chi connectivity index (χ2v) is 11.9. The fourth-order valence-corrected chi connectivity index (χ4v) is 7.19. The van der Waals surface area contributed by atoms with Crippen LogP contribution >= 0.6 is 0 Å². The molecule has 3 amide bonds. The van der Waals surface area contributed by atoms with E-state index in [1.165, 1.54) is 0 Å². The minimum atomic E-state index is -1.25. The summed E-state index contributed by atoms with van der Waals surface area (Å²) in [7, 11) is 0. The number of amides is 3. The summed E-state index contributed by atoms with van der Waals surface area (Å²) in [6.45, 7) is 5.25. The van der Waals surface area contributed by atoms with Crippen LogP contribution < -0.4 is 9.80 Å². The smallest absolute Gasteiger partial charge is 0.253 e. The van der Waals surface area contributed by atoms with Crippen LogP contribution in [0, 0.1) is 25.7 Å². The van der Waals surface area contributed by atoms with E-state index >= 15 is 0 Å². The molecule has 0 radical (unpaired) electrons. The van der Waals surface area contributed by atoms with Gasteiger partial charge in [-0.05, 0) is 56.0 Å². The highest BCUT2D eigenvalue weighted by Crippen LogP contribution is 2.54. The van der Waals surface area contributed by atoms with E-state index < -0.39 is 29.6 Å². The van der Waals surface area contributed by atoms with Gasteiger partial charge in [-0.3, -0.25) is 14.4 Å². The number of benzene rings is 2. The molecule has 4 aliphatic rings. The number of ether oxygens (including phenoxy) is 1. The number of hydrogen-bond acceptors (Lipinski definition) is 5. The predicted octanol–water partition coefficient (Wildman–Crippen LogP) is 3.94. The molecule has 8 nitrogen and oxygen atoms in total. The first-order valence-electron chi connectivity index (χ1n) is 15.1. The number of para-hydroxylation sites is 1. The van der Waals surface area contributed by atoms with Crippen molar-refractivity contribution in [1.29, 1.82) is 0 Å². The van der Waals surface area contributed by atoms with Crippen molar-refractivity contribution in [3.63, 3.8) is 0 Å². The molecule has 6 rings (SSSR count). The van der Waals surface area contributed by atoms with Gasteiger partial charge in [-0.15, -0.1) is 0 Å². The molecule has 5 atom stereocenters.